The maximum Gasteiger partial charge on any atom is 0.219 e. The third kappa shape index (κ3) is 2.47. The van der Waals surface area contributed by atoms with Crippen LogP contribution in [0.15, 0.2) is 47.9 Å². The maximum absolute atomic E-state index is 10.7. The van der Waals surface area contributed by atoms with Gasteiger partial charge in [0.1, 0.15) is 0 Å². The number of aromatic amines is 1. The Kier molecular flexibility index (Phi) is 4.79. The van der Waals surface area contributed by atoms with Gasteiger partial charge in [0.15, 0.2) is 5.69 Å². The zero-order chi connectivity index (χ0) is 12.5. The first-order valence-electron chi connectivity index (χ1n) is 5.38. The number of hydrogen-bond acceptors (Lipinski definition) is 4. The second-order valence-corrected chi connectivity index (χ2v) is 3.91. The molecule has 1 aromatic carbocycles. The van der Waals surface area contributed by atoms with Crippen LogP contribution in [0.3, 0.4) is 0 Å². The molecule has 0 aliphatic heterocycles. The van der Waals surface area contributed by atoms with E-state index in [0.29, 0.717) is 10.9 Å². The molecule has 0 unspecified atom stereocenters. The number of nitrogens with zero attached hydrogens (tertiary/aromatic N) is 2. The molecule has 6 nitrogen and oxygen atoms in total. The second-order valence-electron chi connectivity index (χ2n) is 3.91. The number of nitrogens with one attached hydrogen (secondary N) is 1. The monoisotopic (exact) mass is 293 g/mol. The smallest absolute Gasteiger partial charge is 0.219 e. The van der Waals surface area contributed by atoms with Gasteiger partial charge in [-0.15, -0.1) is 17.3 Å². The molecule has 0 aliphatic carbocycles. The molecule has 0 radical (unpaired) electrons. The largest absolute Gasteiger partial charge is 0.493 e. The zero-order valence-electron chi connectivity index (χ0n) is 10.2. The Bertz CT molecular complexity index is 728. The van der Waals surface area contributed by atoms with Crippen LogP contribution < -0.4 is 0 Å². The van der Waals surface area contributed by atoms with Crippen molar-refractivity contribution in [3.8, 4) is 17.0 Å². The van der Waals surface area contributed by atoms with Gasteiger partial charge in [-0.2, -0.15) is 0 Å². The van der Waals surface area contributed by atoms with Crippen molar-refractivity contribution in [2.75, 3.05) is 0 Å². The molecule has 104 valence electrons. The fourth-order valence-electron chi connectivity index (χ4n) is 1.98. The molecule has 20 heavy (non-hydrogen) atoms. The molecule has 0 saturated carbocycles. The summed E-state index contributed by atoms with van der Waals surface area (Å²) in [5.41, 5.74) is 2.65. The highest BCUT2D eigenvalue weighted by Gasteiger charge is 2.12. The van der Waals surface area contributed by atoms with Crippen LogP contribution >= 0.6 is 12.4 Å². The van der Waals surface area contributed by atoms with Crippen LogP contribution in [0.2, 0.25) is 0 Å². The minimum absolute atomic E-state index is 0. The van der Waals surface area contributed by atoms with Crippen molar-refractivity contribution in [1.29, 1.82) is 0 Å². The summed E-state index contributed by atoms with van der Waals surface area (Å²) in [7, 11) is 0. The Morgan fingerprint density at radius 2 is 1.80 bits per heavy atom. The number of aromatic hydroxyl groups is 1. The number of rotatable bonds is 2. The molecule has 0 bridgehead atoms. The molecule has 2 aromatic heterocycles. The third-order valence-corrected chi connectivity index (χ3v) is 2.86. The second kappa shape index (κ2) is 6.14. The summed E-state index contributed by atoms with van der Waals surface area (Å²) in [4.78, 5) is 17.4. The van der Waals surface area contributed by atoms with E-state index >= 15 is 0 Å². The fraction of sp³-hybridized carbons (Fsp3) is 0. The third-order valence-electron chi connectivity index (χ3n) is 2.86. The number of H-pyrrole nitrogens is 1. The Morgan fingerprint density at radius 3 is 2.45 bits per heavy atom. The van der Waals surface area contributed by atoms with Gasteiger partial charge in [-0.1, -0.05) is 6.07 Å². The zero-order valence-corrected chi connectivity index (χ0v) is 11.0. The van der Waals surface area contributed by atoms with E-state index in [9.17, 15) is 10.0 Å². The van der Waals surface area contributed by atoms with Gasteiger partial charge < -0.3 is 15.6 Å². The lowest BCUT2D eigenvalue weighted by Crippen LogP contribution is -1.78. The highest BCUT2D eigenvalue weighted by atomic mass is 35.5. The van der Waals surface area contributed by atoms with Crippen LogP contribution in [-0.2, 0) is 0 Å². The number of pyridine rings is 1. The minimum atomic E-state index is -0.202. The quantitative estimate of drug-likeness (QED) is 0.709. The average Bonchev–Trinajstić information content (AvgIpc) is 2.74. The van der Waals surface area contributed by atoms with Crippen molar-refractivity contribution in [3.05, 3.63) is 47.6 Å². The van der Waals surface area contributed by atoms with E-state index in [-0.39, 0.29) is 29.5 Å². The van der Waals surface area contributed by atoms with Gasteiger partial charge >= 0.3 is 0 Å². The van der Waals surface area contributed by atoms with Gasteiger partial charge in [-0.25, -0.2) is 0 Å². The predicted molar refractivity (Wildman–Crippen MR) is 79.5 cm³/mol. The minimum Gasteiger partial charge on any atom is -0.493 e. The molecular weight excluding hydrogens is 282 g/mol. The van der Waals surface area contributed by atoms with Gasteiger partial charge in [0.05, 0.1) is 5.52 Å². The normalized spacial score (nSPS) is 9.60. The number of benzene rings is 1. The molecule has 3 aromatic rings. The van der Waals surface area contributed by atoms with Crippen molar-refractivity contribution in [2.45, 2.75) is 0 Å². The molecule has 0 saturated heterocycles. The highest BCUT2D eigenvalue weighted by molar-refractivity contribution is 5.96. The molecule has 3 rings (SSSR count). The number of halogens is 1. The summed E-state index contributed by atoms with van der Waals surface area (Å²) in [5, 5.41) is 13.0. The topological polar surface area (TPSA) is 110 Å². The molecule has 4 N–H and O–H groups in total. The summed E-state index contributed by atoms with van der Waals surface area (Å²) in [5.74, 6) is -0.202. The number of hydrogen-bond donors (Lipinski definition) is 2. The molecule has 2 heterocycles. The van der Waals surface area contributed by atoms with Crippen LogP contribution in [0, 0.1) is 4.91 Å². The van der Waals surface area contributed by atoms with Crippen molar-refractivity contribution < 1.29 is 10.6 Å². The molecule has 0 amide bonds. The van der Waals surface area contributed by atoms with Crippen LogP contribution in [0.25, 0.3) is 22.0 Å². The van der Waals surface area contributed by atoms with Gasteiger partial charge in [-0.05, 0) is 40.6 Å². The Labute approximate surface area is 120 Å². The van der Waals surface area contributed by atoms with E-state index in [4.69, 9.17) is 0 Å². The Morgan fingerprint density at radius 1 is 1.10 bits per heavy atom. The summed E-state index contributed by atoms with van der Waals surface area (Å²) in [6.07, 6.45) is 3.40. The first-order chi connectivity index (χ1) is 8.79. The van der Waals surface area contributed by atoms with Crippen molar-refractivity contribution in [2.24, 2.45) is 5.18 Å². The lowest BCUT2D eigenvalue weighted by atomic mass is 10.1. The number of fused-ring (bicyclic) bond motifs is 1. The summed E-state index contributed by atoms with van der Waals surface area (Å²) < 4.78 is 0. The van der Waals surface area contributed by atoms with Crippen LogP contribution in [0.4, 0.5) is 5.69 Å². The lowest BCUT2D eigenvalue weighted by Gasteiger charge is -2.00. The number of nitroso groups, excluding NO2 is 1. The van der Waals surface area contributed by atoms with Crippen LogP contribution in [0.5, 0.6) is 5.88 Å². The average molecular weight is 294 g/mol. The summed E-state index contributed by atoms with van der Waals surface area (Å²) >= 11 is 0. The van der Waals surface area contributed by atoms with Gasteiger partial charge in [0, 0.05) is 17.8 Å². The van der Waals surface area contributed by atoms with Crippen molar-refractivity contribution >= 4 is 29.0 Å². The lowest BCUT2D eigenvalue weighted by molar-refractivity contribution is 0.460. The first-order valence-corrected chi connectivity index (χ1v) is 5.38. The molecule has 0 fully saturated rings. The van der Waals surface area contributed by atoms with Gasteiger partial charge in [-0.3, -0.25) is 4.98 Å². The fourth-order valence-corrected chi connectivity index (χ4v) is 1.98. The SMILES string of the molecule is Cl.O.O=Nc1c(O)[nH]c2ccc(-c3ccncc3)cc12. The standard InChI is InChI=1S/C13H9N3O2.ClH.H2O/c17-13-12(16-18)10-7-9(1-2-11(10)15-13)8-3-5-14-6-4-8;;/h1-7,15,17H;1H;1H2. The van der Waals surface area contributed by atoms with E-state index in [1.807, 2.05) is 24.3 Å². The van der Waals surface area contributed by atoms with E-state index in [2.05, 4.69) is 15.1 Å². The van der Waals surface area contributed by atoms with Crippen molar-refractivity contribution in [3.63, 3.8) is 0 Å². The van der Waals surface area contributed by atoms with E-state index < -0.39 is 0 Å². The maximum atomic E-state index is 10.7. The predicted octanol–water partition coefficient (Wildman–Crippen LogP) is 2.93. The highest BCUT2D eigenvalue weighted by Crippen LogP contribution is 2.37. The molecule has 0 atom stereocenters. The van der Waals surface area contributed by atoms with Crippen molar-refractivity contribution in [1.82, 2.24) is 9.97 Å². The Balaban J connectivity index is 0.000001000. The summed E-state index contributed by atoms with van der Waals surface area (Å²) in [6.45, 7) is 0. The number of aromatic nitrogens is 2. The van der Waals surface area contributed by atoms with Gasteiger partial charge in [0.25, 0.3) is 0 Å². The Hall–Kier alpha value is -2.44. The van der Waals surface area contributed by atoms with E-state index in [1.165, 1.54) is 0 Å². The van der Waals surface area contributed by atoms with Crippen LogP contribution in [0.1, 0.15) is 0 Å². The first kappa shape index (κ1) is 15.6. The molecule has 0 spiro atoms. The van der Waals surface area contributed by atoms with E-state index in [1.54, 1.807) is 18.5 Å². The van der Waals surface area contributed by atoms with Crippen LogP contribution in [-0.4, -0.2) is 20.6 Å². The molecule has 7 heteroatoms. The molecule has 0 aliphatic rings. The van der Waals surface area contributed by atoms with E-state index in [0.717, 1.165) is 11.1 Å². The molecular formula is C13H12ClN3O3. The van der Waals surface area contributed by atoms with Gasteiger partial charge in [0.2, 0.25) is 5.88 Å². The summed E-state index contributed by atoms with van der Waals surface area (Å²) in [6, 6.07) is 9.28.